The van der Waals surface area contributed by atoms with Crippen LogP contribution in [0.25, 0.3) is 0 Å². The SMILES string of the molecule is CSc1ccc(O)c(N=Nc2ccc([N+](=O)[O-])cc2)c1. The summed E-state index contributed by atoms with van der Waals surface area (Å²) in [4.78, 5) is 11.0. The minimum absolute atomic E-state index is 0.00354. The summed E-state index contributed by atoms with van der Waals surface area (Å²) >= 11 is 1.53. The van der Waals surface area contributed by atoms with Gasteiger partial charge in [-0.05, 0) is 36.6 Å². The molecule has 0 aliphatic heterocycles. The summed E-state index contributed by atoms with van der Waals surface area (Å²) < 4.78 is 0. The number of aromatic hydroxyl groups is 1. The molecule has 7 heteroatoms. The van der Waals surface area contributed by atoms with Crippen molar-refractivity contribution >= 4 is 28.8 Å². The van der Waals surface area contributed by atoms with Crippen molar-refractivity contribution in [3.05, 3.63) is 52.6 Å². The number of thioether (sulfide) groups is 1. The van der Waals surface area contributed by atoms with Gasteiger partial charge in [0.2, 0.25) is 0 Å². The highest BCUT2D eigenvalue weighted by Crippen LogP contribution is 2.32. The molecule has 20 heavy (non-hydrogen) atoms. The smallest absolute Gasteiger partial charge is 0.269 e. The number of phenolic OH excluding ortho intramolecular Hbond substituents is 1. The molecule has 2 aromatic carbocycles. The van der Waals surface area contributed by atoms with E-state index < -0.39 is 4.92 Å². The molecule has 0 unspecified atom stereocenters. The van der Waals surface area contributed by atoms with Crippen molar-refractivity contribution in [3.63, 3.8) is 0 Å². The number of benzene rings is 2. The van der Waals surface area contributed by atoms with Gasteiger partial charge in [-0.25, -0.2) is 0 Å². The Morgan fingerprint density at radius 1 is 1.15 bits per heavy atom. The summed E-state index contributed by atoms with van der Waals surface area (Å²) in [6, 6.07) is 10.8. The lowest BCUT2D eigenvalue weighted by atomic mass is 10.3. The highest BCUT2D eigenvalue weighted by atomic mass is 32.2. The van der Waals surface area contributed by atoms with Crippen LogP contribution in [-0.4, -0.2) is 16.3 Å². The van der Waals surface area contributed by atoms with Gasteiger partial charge in [0.1, 0.15) is 11.4 Å². The van der Waals surface area contributed by atoms with Crippen LogP contribution in [0.4, 0.5) is 17.1 Å². The lowest BCUT2D eigenvalue weighted by Crippen LogP contribution is -1.85. The molecule has 0 aliphatic carbocycles. The Bertz CT molecular complexity index is 656. The quantitative estimate of drug-likeness (QED) is 0.390. The largest absolute Gasteiger partial charge is 0.506 e. The second-order valence-corrected chi connectivity index (χ2v) is 4.71. The molecule has 0 atom stereocenters. The fourth-order valence-corrected chi connectivity index (χ4v) is 1.90. The minimum atomic E-state index is -0.477. The zero-order chi connectivity index (χ0) is 14.5. The van der Waals surface area contributed by atoms with Crippen molar-refractivity contribution in [2.75, 3.05) is 6.26 Å². The average Bonchev–Trinajstić information content (AvgIpc) is 2.47. The second-order valence-electron chi connectivity index (χ2n) is 3.83. The number of rotatable bonds is 4. The van der Waals surface area contributed by atoms with Crippen LogP contribution in [0.3, 0.4) is 0 Å². The van der Waals surface area contributed by atoms with E-state index in [1.807, 2.05) is 6.26 Å². The van der Waals surface area contributed by atoms with Crippen LogP contribution in [0.1, 0.15) is 0 Å². The summed E-state index contributed by atoms with van der Waals surface area (Å²) in [5.41, 5.74) is 0.830. The summed E-state index contributed by atoms with van der Waals surface area (Å²) in [7, 11) is 0. The van der Waals surface area contributed by atoms with Crippen LogP contribution in [0, 0.1) is 10.1 Å². The van der Waals surface area contributed by atoms with Crippen molar-refractivity contribution < 1.29 is 10.0 Å². The van der Waals surface area contributed by atoms with Crippen molar-refractivity contribution in [3.8, 4) is 5.75 Å². The number of nitrogens with zero attached hydrogens (tertiary/aromatic N) is 3. The van der Waals surface area contributed by atoms with E-state index in [4.69, 9.17) is 0 Å². The van der Waals surface area contributed by atoms with Crippen molar-refractivity contribution in [2.24, 2.45) is 10.2 Å². The van der Waals surface area contributed by atoms with E-state index >= 15 is 0 Å². The lowest BCUT2D eigenvalue weighted by molar-refractivity contribution is -0.384. The standard InChI is InChI=1S/C13H11N3O3S/c1-20-11-6-7-13(17)12(8-11)15-14-9-2-4-10(5-3-9)16(18)19/h2-8,17H,1H3. The molecule has 0 heterocycles. The van der Waals surface area contributed by atoms with Gasteiger partial charge in [-0.3, -0.25) is 10.1 Å². The molecular formula is C13H11N3O3S. The summed E-state index contributed by atoms with van der Waals surface area (Å²) in [6.45, 7) is 0. The Morgan fingerprint density at radius 3 is 2.45 bits per heavy atom. The molecule has 0 spiro atoms. The highest BCUT2D eigenvalue weighted by molar-refractivity contribution is 7.98. The summed E-state index contributed by atoms with van der Waals surface area (Å²) in [5.74, 6) is 0.0356. The molecule has 2 rings (SSSR count). The Labute approximate surface area is 119 Å². The molecule has 0 amide bonds. The van der Waals surface area contributed by atoms with Gasteiger partial charge in [0.05, 0.1) is 10.6 Å². The first-order valence-electron chi connectivity index (χ1n) is 5.63. The van der Waals surface area contributed by atoms with Crippen LogP contribution in [0.5, 0.6) is 5.75 Å². The summed E-state index contributed by atoms with van der Waals surface area (Å²) in [5, 5.41) is 28.1. The van der Waals surface area contributed by atoms with Crippen LogP contribution in [-0.2, 0) is 0 Å². The molecule has 0 radical (unpaired) electrons. The molecule has 0 saturated carbocycles. The molecule has 0 saturated heterocycles. The number of phenols is 1. The Kier molecular flexibility index (Phi) is 4.31. The molecule has 102 valence electrons. The van der Waals surface area contributed by atoms with Gasteiger partial charge < -0.3 is 5.11 Å². The van der Waals surface area contributed by atoms with E-state index in [0.29, 0.717) is 11.4 Å². The molecule has 0 aromatic heterocycles. The van der Waals surface area contributed by atoms with Crippen LogP contribution < -0.4 is 0 Å². The first-order valence-corrected chi connectivity index (χ1v) is 6.86. The maximum absolute atomic E-state index is 10.5. The van der Waals surface area contributed by atoms with E-state index in [2.05, 4.69) is 10.2 Å². The van der Waals surface area contributed by atoms with Gasteiger partial charge in [0.15, 0.2) is 0 Å². The third-order valence-electron chi connectivity index (χ3n) is 2.52. The van der Waals surface area contributed by atoms with Gasteiger partial charge in [-0.1, -0.05) is 0 Å². The molecule has 1 N–H and O–H groups in total. The minimum Gasteiger partial charge on any atom is -0.506 e. The number of nitro groups is 1. The van der Waals surface area contributed by atoms with Crippen molar-refractivity contribution in [2.45, 2.75) is 4.90 Å². The zero-order valence-electron chi connectivity index (χ0n) is 10.6. The summed E-state index contributed by atoms with van der Waals surface area (Å²) in [6.07, 6.45) is 1.92. The Hall–Kier alpha value is -2.41. The maximum atomic E-state index is 10.5. The maximum Gasteiger partial charge on any atom is 0.269 e. The molecule has 6 nitrogen and oxygen atoms in total. The number of azo groups is 1. The van der Waals surface area contributed by atoms with Gasteiger partial charge >= 0.3 is 0 Å². The van der Waals surface area contributed by atoms with Crippen molar-refractivity contribution in [1.82, 2.24) is 0 Å². The lowest BCUT2D eigenvalue weighted by Gasteiger charge is -2.00. The van der Waals surface area contributed by atoms with Crippen molar-refractivity contribution in [1.29, 1.82) is 0 Å². The third-order valence-corrected chi connectivity index (χ3v) is 3.24. The van der Waals surface area contributed by atoms with Crippen LogP contribution in [0.15, 0.2) is 57.6 Å². The molecule has 0 fully saturated rings. The van der Waals surface area contributed by atoms with Gasteiger partial charge in [-0.2, -0.15) is 5.11 Å². The van der Waals surface area contributed by atoms with Gasteiger partial charge in [0, 0.05) is 17.0 Å². The number of nitro benzene ring substituents is 1. The average molecular weight is 289 g/mol. The number of hydrogen-bond acceptors (Lipinski definition) is 6. The van der Waals surface area contributed by atoms with E-state index in [-0.39, 0.29) is 11.4 Å². The Morgan fingerprint density at radius 2 is 1.85 bits per heavy atom. The Balaban J connectivity index is 2.22. The number of non-ortho nitro benzene ring substituents is 1. The molecule has 0 aliphatic rings. The van der Waals surface area contributed by atoms with E-state index in [1.165, 1.54) is 36.0 Å². The van der Waals surface area contributed by atoms with E-state index in [9.17, 15) is 15.2 Å². The predicted octanol–water partition coefficient (Wildman–Crippen LogP) is 4.44. The molecule has 2 aromatic rings. The fourth-order valence-electron chi connectivity index (χ4n) is 1.46. The second kappa shape index (κ2) is 6.16. The van der Waals surface area contributed by atoms with Gasteiger partial charge in [0.25, 0.3) is 5.69 Å². The topological polar surface area (TPSA) is 88.1 Å². The first kappa shape index (κ1) is 14.0. The van der Waals surface area contributed by atoms with Crippen LogP contribution >= 0.6 is 11.8 Å². The van der Waals surface area contributed by atoms with E-state index in [1.54, 1.807) is 18.2 Å². The monoisotopic (exact) mass is 289 g/mol. The van der Waals surface area contributed by atoms with Crippen LogP contribution in [0.2, 0.25) is 0 Å². The highest BCUT2D eigenvalue weighted by Gasteiger charge is 2.04. The molecular weight excluding hydrogens is 278 g/mol. The first-order chi connectivity index (χ1) is 9.60. The number of hydrogen-bond donors (Lipinski definition) is 1. The van der Waals surface area contributed by atoms with E-state index in [0.717, 1.165) is 4.90 Å². The normalized spacial score (nSPS) is 10.8. The van der Waals surface area contributed by atoms with Gasteiger partial charge in [-0.15, -0.1) is 16.9 Å². The third kappa shape index (κ3) is 3.33. The fraction of sp³-hybridized carbons (Fsp3) is 0.0769. The molecule has 0 bridgehead atoms. The zero-order valence-corrected chi connectivity index (χ0v) is 11.4. The predicted molar refractivity (Wildman–Crippen MR) is 77.2 cm³/mol.